The molecule has 0 saturated heterocycles. The van der Waals surface area contributed by atoms with Gasteiger partial charge < -0.3 is 10.6 Å². The van der Waals surface area contributed by atoms with Crippen molar-refractivity contribution in [1.29, 1.82) is 0 Å². The monoisotopic (exact) mass is 224 g/mol. The third kappa shape index (κ3) is 2.86. The lowest BCUT2D eigenvalue weighted by Gasteiger charge is -2.19. The molecule has 0 unspecified atom stereocenters. The normalized spacial score (nSPS) is 10.1. The van der Waals surface area contributed by atoms with E-state index in [1.807, 2.05) is 6.92 Å². The fourth-order valence-corrected chi connectivity index (χ4v) is 1.43. The van der Waals surface area contributed by atoms with Gasteiger partial charge in [0, 0.05) is 18.8 Å². The number of nitrogens with zero attached hydrogens (tertiary/aromatic N) is 3. The minimum Gasteiger partial charge on any atom is -0.388 e. The summed E-state index contributed by atoms with van der Waals surface area (Å²) in [6, 6.07) is 1.80. The fraction of sp³-hybridized carbons (Fsp3) is 0.500. The quantitative estimate of drug-likeness (QED) is 0.780. The lowest BCUT2D eigenvalue weighted by atomic mass is 10.3. The van der Waals surface area contributed by atoms with E-state index >= 15 is 0 Å². The number of anilines is 1. The van der Waals surface area contributed by atoms with Crippen LogP contribution < -0.4 is 10.6 Å². The summed E-state index contributed by atoms with van der Waals surface area (Å²) < 4.78 is 0. The number of thiocarbonyl (C=S) groups is 1. The molecule has 0 aliphatic rings. The van der Waals surface area contributed by atoms with Crippen molar-refractivity contribution in [1.82, 2.24) is 9.97 Å². The second-order valence-electron chi connectivity index (χ2n) is 3.23. The highest BCUT2D eigenvalue weighted by atomic mass is 32.1. The maximum Gasteiger partial charge on any atom is 0.226 e. The lowest BCUT2D eigenvalue weighted by molar-refractivity contribution is 0.815. The average Bonchev–Trinajstić information content (AvgIpc) is 2.18. The SMILES string of the molecule is CCN(CC)c1nc(C)cc(C(N)=S)n1. The molecule has 1 rings (SSSR count). The maximum atomic E-state index is 5.56. The first-order valence-electron chi connectivity index (χ1n) is 4.98. The minimum absolute atomic E-state index is 0.314. The zero-order chi connectivity index (χ0) is 11.4. The largest absolute Gasteiger partial charge is 0.388 e. The summed E-state index contributed by atoms with van der Waals surface area (Å²) in [4.78, 5) is 11.1. The molecule has 0 fully saturated rings. The van der Waals surface area contributed by atoms with Gasteiger partial charge in [0.1, 0.15) is 10.7 Å². The Labute approximate surface area is 95.5 Å². The van der Waals surface area contributed by atoms with E-state index in [-0.39, 0.29) is 0 Å². The van der Waals surface area contributed by atoms with Crippen LogP contribution in [0.4, 0.5) is 5.95 Å². The summed E-state index contributed by atoms with van der Waals surface area (Å²) >= 11 is 4.91. The number of hydrogen-bond acceptors (Lipinski definition) is 4. The Morgan fingerprint density at radius 2 is 2.00 bits per heavy atom. The highest BCUT2D eigenvalue weighted by Gasteiger charge is 2.08. The van der Waals surface area contributed by atoms with Crippen molar-refractivity contribution >= 4 is 23.2 Å². The molecule has 5 heteroatoms. The van der Waals surface area contributed by atoms with Gasteiger partial charge in [-0.15, -0.1) is 0 Å². The smallest absolute Gasteiger partial charge is 0.226 e. The standard InChI is InChI=1S/C10H16N4S/c1-4-14(5-2)10-12-7(3)6-8(13-10)9(11)15/h6H,4-5H2,1-3H3,(H2,11,15). The van der Waals surface area contributed by atoms with Crippen LogP contribution in [0.15, 0.2) is 6.07 Å². The van der Waals surface area contributed by atoms with Crippen LogP contribution in [0.3, 0.4) is 0 Å². The van der Waals surface area contributed by atoms with E-state index in [1.165, 1.54) is 0 Å². The van der Waals surface area contributed by atoms with Crippen LogP contribution in [0.5, 0.6) is 0 Å². The zero-order valence-electron chi connectivity index (χ0n) is 9.32. The molecule has 0 aliphatic carbocycles. The van der Waals surface area contributed by atoms with Crippen LogP contribution in [0, 0.1) is 6.92 Å². The molecule has 0 radical (unpaired) electrons. The van der Waals surface area contributed by atoms with Crippen LogP contribution in [0.2, 0.25) is 0 Å². The molecule has 0 atom stereocenters. The van der Waals surface area contributed by atoms with Crippen molar-refractivity contribution in [2.45, 2.75) is 20.8 Å². The van der Waals surface area contributed by atoms with Crippen molar-refractivity contribution < 1.29 is 0 Å². The average molecular weight is 224 g/mol. The van der Waals surface area contributed by atoms with Crippen molar-refractivity contribution in [3.8, 4) is 0 Å². The van der Waals surface area contributed by atoms with Crippen LogP contribution in [-0.4, -0.2) is 28.0 Å². The van der Waals surface area contributed by atoms with Gasteiger partial charge in [-0.1, -0.05) is 12.2 Å². The predicted molar refractivity (Wildman–Crippen MR) is 66.2 cm³/mol. The number of aromatic nitrogens is 2. The molecule has 2 N–H and O–H groups in total. The second-order valence-corrected chi connectivity index (χ2v) is 3.67. The molecular weight excluding hydrogens is 208 g/mol. The Morgan fingerprint density at radius 1 is 1.40 bits per heavy atom. The van der Waals surface area contributed by atoms with Gasteiger partial charge in [-0.3, -0.25) is 0 Å². The minimum atomic E-state index is 0.314. The first-order chi connectivity index (χ1) is 7.08. The molecular formula is C10H16N4S. The molecule has 0 bridgehead atoms. The van der Waals surface area contributed by atoms with Gasteiger partial charge in [-0.05, 0) is 26.8 Å². The molecule has 0 amide bonds. The van der Waals surface area contributed by atoms with Gasteiger partial charge in [-0.25, -0.2) is 9.97 Å². The van der Waals surface area contributed by atoms with E-state index in [2.05, 4.69) is 28.7 Å². The van der Waals surface area contributed by atoms with E-state index in [1.54, 1.807) is 6.07 Å². The number of aryl methyl sites for hydroxylation is 1. The summed E-state index contributed by atoms with van der Waals surface area (Å²) in [5.41, 5.74) is 7.08. The Bertz CT molecular complexity index is 360. The van der Waals surface area contributed by atoms with Crippen LogP contribution in [0.1, 0.15) is 25.2 Å². The van der Waals surface area contributed by atoms with Gasteiger partial charge in [0.2, 0.25) is 5.95 Å². The topological polar surface area (TPSA) is 55.0 Å². The molecule has 4 nitrogen and oxygen atoms in total. The van der Waals surface area contributed by atoms with Crippen LogP contribution in [-0.2, 0) is 0 Å². The van der Waals surface area contributed by atoms with Gasteiger partial charge >= 0.3 is 0 Å². The first-order valence-corrected chi connectivity index (χ1v) is 5.39. The molecule has 1 aromatic rings. The molecule has 0 spiro atoms. The Balaban J connectivity index is 3.13. The Morgan fingerprint density at radius 3 is 2.47 bits per heavy atom. The lowest BCUT2D eigenvalue weighted by Crippen LogP contribution is -2.26. The molecule has 1 heterocycles. The second kappa shape index (κ2) is 5.02. The zero-order valence-corrected chi connectivity index (χ0v) is 10.1. The van der Waals surface area contributed by atoms with Crippen molar-refractivity contribution in [2.75, 3.05) is 18.0 Å². The van der Waals surface area contributed by atoms with Crippen molar-refractivity contribution in [2.24, 2.45) is 5.73 Å². The highest BCUT2D eigenvalue weighted by molar-refractivity contribution is 7.80. The van der Waals surface area contributed by atoms with Crippen molar-refractivity contribution in [3.63, 3.8) is 0 Å². The van der Waals surface area contributed by atoms with E-state index in [9.17, 15) is 0 Å². The number of nitrogens with two attached hydrogens (primary N) is 1. The molecule has 1 aromatic heterocycles. The third-order valence-corrected chi connectivity index (χ3v) is 2.35. The molecule has 15 heavy (non-hydrogen) atoms. The van der Waals surface area contributed by atoms with E-state index in [0.717, 1.165) is 18.8 Å². The summed E-state index contributed by atoms with van der Waals surface area (Å²) in [6.07, 6.45) is 0. The van der Waals surface area contributed by atoms with Gasteiger partial charge in [-0.2, -0.15) is 0 Å². The maximum absolute atomic E-state index is 5.56. The number of hydrogen-bond donors (Lipinski definition) is 1. The predicted octanol–water partition coefficient (Wildman–Crippen LogP) is 1.27. The molecule has 0 aromatic carbocycles. The van der Waals surface area contributed by atoms with E-state index in [0.29, 0.717) is 16.6 Å². The molecule has 0 aliphatic heterocycles. The third-order valence-electron chi connectivity index (χ3n) is 2.14. The van der Waals surface area contributed by atoms with Crippen LogP contribution >= 0.6 is 12.2 Å². The van der Waals surface area contributed by atoms with Gasteiger partial charge in [0.25, 0.3) is 0 Å². The van der Waals surface area contributed by atoms with Gasteiger partial charge in [0.15, 0.2) is 0 Å². The Kier molecular flexibility index (Phi) is 3.96. The highest BCUT2D eigenvalue weighted by Crippen LogP contribution is 2.09. The van der Waals surface area contributed by atoms with Crippen LogP contribution in [0.25, 0.3) is 0 Å². The number of rotatable bonds is 4. The molecule has 82 valence electrons. The molecule has 0 saturated carbocycles. The summed E-state index contributed by atoms with van der Waals surface area (Å²) in [6.45, 7) is 7.79. The van der Waals surface area contributed by atoms with E-state index in [4.69, 9.17) is 18.0 Å². The summed E-state index contributed by atoms with van der Waals surface area (Å²) in [5.74, 6) is 0.697. The van der Waals surface area contributed by atoms with Crippen molar-refractivity contribution in [3.05, 3.63) is 17.5 Å². The summed E-state index contributed by atoms with van der Waals surface area (Å²) in [7, 11) is 0. The fourth-order valence-electron chi connectivity index (χ4n) is 1.33. The first kappa shape index (κ1) is 11.8. The summed E-state index contributed by atoms with van der Waals surface area (Å²) in [5, 5.41) is 0. The Hall–Kier alpha value is -1.23. The van der Waals surface area contributed by atoms with E-state index < -0.39 is 0 Å². The van der Waals surface area contributed by atoms with Gasteiger partial charge in [0.05, 0.1) is 0 Å².